The van der Waals surface area contributed by atoms with Crippen molar-refractivity contribution in [3.63, 3.8) is 0 Å². The second-order valence-corrected chi connectivity index (χ2v) is 4.80. The number of methoxy groups -OCH3 is 1. The molecule has 0 amide bonds. The van der Waals surface area contributed by atoms with E-state index in [-0.39, 0.29) is 0 Å². The van der Waals surface area contributed by atoms with E-state index in [0.29, 0.717) is 12.0 Å². The average Bonchev–Trinajstić information content (AvgIpc) is 2.42. The normalized spacial score (nSPS) is 13.3. The van der Waals surface area contributed by atoms with Crippen LogP contribution in [0.25, 0.3) is 0 Å². The summed E-state index contributed by atoms with van der Waals surface area (Å²) < 4.78 is 10.3. The number of halogens is 1. The highest BCUT2D eigenvalue weighted by Gasteiger charge is 2.31. The van der Waals surface area contributed by atoms with Gasteiger partial charge in [-0.25, -0.2) is 4.79 Å². The van der Waals surface area contributed by atoms with Crippen LogP contribution in [0.1, 0.15) is 23.7 Å². The smallest absolute Gasteiger partial charge is 0.338 e. The predicted octanol–water partition coefficient (Wildman–Crippen LogP) is 2.96. The molecule has 0 aromatic heterocycles. The summed E-state index contributed by atoms with van der Waals surface area (Å²) >= 11 is 5.51. The van der Waals surface area contributed by atoms with E-state index >= 15 is 0 Å². The maximum absolute atomic E-state index is 12.0. The quantitative estimate of drug-likeness (QED) is 0.441. The predicted molar refractivity (Wildman–Crippen MR) is 76.7 cm³/mol. The molecule has 0 fully saturated rings. The fourth-order valence-corrected chi connectivity index (χ4v) is 1.87. The second-order valence-electron chi connectivity index (χ2n) is 4.43. The summed E-state index contributed by atoms with van der Waals surface area (Å²) in [6, 6.07) is 8.38. The molecule has 0 unspecified atom stereocenters. The Morgan fingerprint density at radius 3 is 2.35 bits per heavy atom. The largest absolute Gasteiger partial charge is 0.447 e. The van der Waals surface area contributed by atoms with E-state index in [1.807, 2.05) is 0 Å². The molecule has 1 aromatic rings. The Kier molecular flexibility index (Phi) is 6.42. The number of ether oxygens (including phenoxy) is 2. The minimum absolute atomic E-state index is 0.348. The van der Waals surface area contributed by atoms with Gasteiger partial charge in [-0.05, 0) is 37.1 Å². The van der Waals surface area contributed by atoms with E-state index < -0.39 is 23.4 Å². The van der Waals surface area contributed by atoms with E-state index in [4.69, 9.17) is 21.1 Å². The fourth-order valence-electron chi connectivity index (χ4n) is 1.68. The Bertz CT molecular complexity index is 484. The molecular weight excluding hydrogens is 280 g/mol. The molecule has 0 heterocycles. The zero-order chi connectivity index (χ0) is 15.1. The molecule has 5 heteroatoms. The maximum atomic E-state index is 12.0. The highest BCUT2D eigenvalue weighted by Crippen LogP contribution is 2.17. The van der Waals surface area contributed by atoms with Crippen molar-refractivity contribution >= 4 is 22.8 Å². The van der Waals surface area contributed by atoms with E-state index in [0.717, 1.165) is 5.57 Å². The lowest BCUT2D eigenvalue weighted by Crippen LogP contribution is -2.37. The summed E-state index contributed by atoms with van der Waals surface area (Å²) in [4.78, 5) is 23.4. The van der Waals surface area contributed by atoms with Crippen LogP contribution >= 0.6 is 11.6 Å². The van der Waals surface area contributed by atoms with Crippen LogP contribution in [0.5, 0.6) is 0 Å². The first-order valence-electron chi connectivity index (χ1n) is 6.08. The van der Waals surface area contributed by atoms with Gasteiger partial charge in [-0.3, -0.25) is 4.79 Å². The van der Waals surface area contributed by atoms with Gasteiger partial charge in [-0.15, -0.1) is 6.58 Å². The number of carbonyl (C=O) groups excluding carboxylic acids is 2. The van der Waals surface area contributed by atoms with Gasteiger partial charge in [0.2, 0.25) is 6.10 Å². The first-order valence-corrected chi connectivity index (χ1v) is 6.46. The molecule has 0 aliphatic heterocycles. The lowest BCUT2D eigenvalue weighted by atomic mass is 10.1. The van der Waals surface area contributed by atoms with Crippen molar-refractivity contribution in [3.8, 4) is 0 Å². The monoisotopic (exact) mass is 296 g/mol. The molecule has 0 radical (unpaired) electrons. The minimum atomic E-state index is -1.16. The Labute approximate surface area is 123 Å². The van der Waals surface area contributed by atoms with Gasteiger partial charge in [0.25, 0.3) is 5.24 Å². The van der Waals surface area contributed by atoms with Crippen LogP contribution in [0.4, 0.5) is 0 Å². The lowest BCUT2D eigenvalue weighted by molar-refractivity contribution is -0.127. The summed E-state index contributed by atoms with van der Waals surface area (Å²) in [6.45, 7) is 5.54. The van der Waals surface area contributed by atoms with Gasteiger partial charge < -0.3 is 9.47 Å². The van der Waals surface area contributed by atoms with E-state index in [1.165, 1.54) is 7.11 Å². The fraction of sp³-hybridized carbons (Fsp3) is 0.333. The summed E-state index contributed by atoms with van der Waals surface area (Å²) in [7, 11) is 1.43. The summed E-state index contributed by atoms with van der Waals surface area (Å²) in [5.41, 5.74) is 1.15. The molecule has 0 saturated carbocycles. The van der Waals surface area contributed by atoms with Gasteiger partial charge in [0.1, 0.15) is 6.10 Å². The summed E-state index contributed by atoms with van der Waals surface area (Å²) in [6.07, 6.45) is -1.43. The van der Waals surface area contributed by atoms with Crippen LogP contribution in [-0.4, -0.2) is 30.5 Å². The number of carbonyl (C=O) groups is 2. The number of benzene rings is 1. The maximum Gasteiger partial charge on any atom is 0.338 e. The highest BCUT2D eigenvalue weighted by atomic mass is 35.5. The SMILES string of the molecule is C=C(C)C[C@H](OC)[C@@H](OC(=O)c1ccccc1)C(=O)Cl. The number of rotatable bonds is 7. The molecule has 0 saturated heterocycles. The van der Waals surface area contributed by atoms with E-state index in [9.17, 15) is 9.59 Å². The first-order chi connectivity index (χ1) is 9.45. The van der Waals surface area contributed by atoms with Gasteiger partial charge in [0, 0.05) is 7.11 Å². The molecule has 0 bridgehead atoms. The number of esters is 1. The van der Waals surface area contributed by atoms with Crippen LogP contribution in [0.2, 0.25) is 0 Å². The van der Waals surface area contributed by atoms with Gasteiger partial charge in [0.15, 0.2) is 0 Å². The van der Waals surface area contributed by atoms with E-state index in [1.54, 1.807) is 37.3 Å². The molecule has 1 rings (SSSR count). The molecule has 20 heavy (non-hydrogen) atoms. The van der Waals surface area contributed by atoms with E-state index in [2.05, 4.69) is 6.58 Å². The molecule has 2 atom stereocenters. The molecule has 108 valence electrons. The van der Waals surface area contributed by atoms with Crippen molar-refractivity contribution in [2.45, 2.75) is 25.6 Å². The van der Waals surface area contributed by atoms with Crippen molar-refractivity contribution in [1.82, 2.24) is 0 Å². The van der Waals surface area contributed by atoms with Crippen LogP contribution < -0.4 is 0 Å². The molecule has 0 spiro atoms. The van der Waals surface area contributed by atoms with Crippen LogP contribution in [0.15, 0.2) is 42.5 Å². The Hall–Kier alpha value is -1.65. The third kappa shape index (κ3) is 4.79. The topological polar surface area (TPSA) is 52.6 Å². The molecule has 1 aromatic carbocycles. The zero-order valence-corrected chi connectivity index (χ0v) is 12.2. The van der Waals surface area contributed by atoms with Gasteiger partial charge in [-0.2, -0.15) is 0 Å². The average molecular weight is 297 g/mol. The molecule has 0 aliphatic rings. The second kappa shape index (κ2) is 7.82. The highest BCUT2D eigenvalue weighted by molar-refractivity contribution is 6.64. The molecular formula is C15H17ClO4. The number of hydrogen-bond acceptors (Lipinski definition) is 4. The van der Waals surface area contributed by atoms with Gasteiger partial charge in [-0.1, -0.05) is 23.8 Å². The third-order valence-electron chi connectivity index (χ3n) is 2.66. The molecule has 0 aliphatic carbocycles. The third-order valence-corrected chi connectivity index (χ3v) is 2.87. The van der Waals surface area contributed by atoms with Crippen LogP contribution in [0, 0.1) is 0 Å². The summed E-state index contributed by atoms with van der Waals surface area (Å²) in [5, 5.41) is -0.776. The molecule has 0 N–H and O–H groups in total. The Balaban J connectivity index is 2.84. The lowest BCUT2D eigenvalue weighted by Gasteiger charge is -2.23. The standard InChI is InChI=1S/C15H17ClO4/c1-10(2)9-12(19-3)13(14(16)17)20-15(18)11-7-5-4-6-8-11/h4-8,12-13H,1,9H2,2-3H3/t12-,13+/m0/s1. The van der Waals surface area contributed by atoms with Crippen molar-refractivity contribution < 1.29 is 19.1 Å². The Morgan fingerprint density at radius 1 is 1.30 bits per heavy atom. The van der Waals surface area contributed by atoms with Gasteiger partial charge >= 0.3 is 5.97 Å². The van der Waals surface area contributed by atoms with Crippen molar-refractivity contribution in [3.05, 3.63) is 48.0 Å². The first kappa shape index (κ1) is 16.4. The Morgan fingerprint density at radius 2 is 1.90 bits per heavy atom. The van der Waals surface area contributed by atoms with Crippen molar-refractivity contribution in [1.29, 1.82) is 0 Å². The van der Waals surface area contributed by atoms with Crippen molar-refractivity contribution in [2.75, 3.05) is 7.11 Å². The summed E-state index contributed by atoms with van der Waals surface area (Å²) in [5.74, 6) is -0.617. The number of hydrogen-bond donors (Lipinski definition) is 0. The van der Waals surface area contributed by atoms with Crippen LogP contribution in [0.3, 0.4) is 0 Å². The van der Waals surface area contributed by atoms with Gasteiger partial charge in [0.05, 0.1) is 5.56 Å². The minimum Gasteiger partial charge on any atom is -0.447 e. The zero-order valence-electron chi connectivity index (χ0n) is 11.5. The van der Waals surface area contributed by atoms with Crippen molar-refractivity contribution in [2.24, 2.45) is 0 Å². The van der Waals surface area contributed by atoms with Crippen LogP contribution in [-0.2, 0) is 14.3 Å². The molecule has 4 nitrogen and oxygen atoms in total.